The Balaban J connectivity index is 1.31. The van der Waals surface area contributed by atoms with Crippen molar-refractivity contribution in [1.29, 1.82) is 0 Å². The Bertz CT molecular complexity index is 1090. The molecule has 1 atom stereocenters. The van der Waals surface area contributed by atoms with Crippen LogP contribution in [0.25, 0.3) is 0 Å². The zero-order valence-corrected chi connectivity index (χ0v) is 20.4. The highest BCUT2D eigenvalue weighted by Crippen LogP contribution is 2.34. The summed E-state index contributed by atoms with van der Waals surface area (Å²) in [6, 6.07) is 12.9. The summed E-state index contributed by atoms with van der Waals surface area (Å²) >= 11 is 7.64. The lowest BCUT2D eigenvalue weighted by atomic mass is 9.97. The topological polar surface area (TPSA) is 78.5 Å². The second kappa shape index (κ2) is 10.1. The Kier molecular flexibility index (Phi) is 7.47. The summed E-state index contributed by atoms with van der Waals surface area (Å²) in [5.74, 6) is 0.787. The van der Waals surface area contributed by atoms with Crippen LogP contribution >= 0.6 is 23.4 Å². The fourth-order valence-electron chi connectivity index (χ4n) is 4.00. The molecule has 2 aliphatic rings. The van der Waals surface area contributed by atoms with Crippen LogP contribution in [0.5, 0.6) is 0 Å². The number of nitrogens with zero attached hydrogens (tertiary/aromatic N) is 1. The monoisotopic (exact) mass is 493 g/mol. The number of halogens is 1. The number of benzene rings is 2. The molecule has 0 aliphatic carbocycles. The third kappa shape index (κ3) is 5.85. The number of fused-ring (bicyclic) bond motifs is 1. The highest BCUT2D eigenvalue weighted by Gasteiger charge is 2.25. The zero-order valence-electron chi connectivity index (χ0n) is 18.0. The summed E-state index contributed by atoms with van der Waals surface area (Å²) in [6.07, 6.45) is 1.88. The lowest BCUT2D eigenvalue weighted by Gasteiger charge is -2.32. The van der Waals surface area contributed by atoms with Crippen molar-refractivity contribution in [1.82, 2.24) is 9.62 Å². The van der Waals surface area contributed by atoms with Crippen molar-refractivity contribution in [2.45, 2.75) is 36.1 Å². The first kappa shape index (κ1) is 23.6. The molecule has 4 rings (SSSR count). The molecule has 2 aromatic carbocycles. The van der Waals surface area contributed by atoms with Crippen LogP contribution in [0, 0.1) is 11.8 Å². The lowest BCUT2D eigenvalue weighted by Crippen LogP contribution is -2.38. The number of amides is 1. The van der Waals surface area contributed by atoms with E-state index >= 15 is 0 Å². The number of thioether (sulfide) groups is 1. The Hall–Kier alpha value is -1.58. The van der Waals surface area contributed by atoms with Gasteiger partial charge < -0.3 is 5.32 Å². The molecule has 9 heteroatoms. The van der Waals surface area contributed by atoms with Gasteiger partial charge in [-0.2, -0.15) is 0 Å². The maximum Gasteiger partial charge on any atom is 0.240 e. The molecule has 1 fully saturated rings. The van der Waals surface area contributed by atoms with Crippen molar-refractivity contribution < 1.29 is 13.2 Å². The summed E-state index contributed by atoms with van der Waals surface area (Å²) < 4.78 is 28.5. The molecule has 1 saturated heterocycles. The number of carbonyl (C=O) groups is 1. The Morgan fingerprint density at radius 3 is 2.72 bits per heavy atom. The van der Waals surface area contributed by atoms with Gasteiger partial charge in [-0.1, -0.05) is 30.7 Å². The zero-order chi connectivity index (χ0) is 22.7. The van der Waals surface area contributed by atoms with Gasteiger partial charge in [-0.15, -0.1) is 11.8 Å². The van der Waals surface area contributed by atoms with Gasteiger partial charge >= 0.3 is 0 Å². The van der Waals surface area contributed by atoms with Crippen LogP contribution in [0.4, 0.5) is 5.69 Å². The van der Waals surface area contributed by atoms with Crippen molar-refractivity contribution in [3.63, 3.8) is 0 Å². The molecule has 1 amide bonds. The fourth-order valence-corrected chi connectivity index (χ4v) is 6.36. The molecule has 2 aromatic rings. The molecule has 172 valence electrons. The molecule has 0 unspecified atom stereocenters. The molecular formula is C23H28ClN3O3S2. The lowest BCUT2D eigenvalue weighted by molar-refractivity contribution is -0.118. The van der Waals surface area contributed by atoms with Crippen LogP contribution in [0.2, 0.25) is 5.02 Å². The average Bonchev–Trinajstić information content (AvgIpc) is 2.91. The van der Waals surface area contributed by atoms with Crippen LogP contribution in [0.15, 0.2) is 52.3 Å². The molecule has 32 heavy (non-hydrogen) atoms. The van der Waals surface area contributed by atoms with Gasteiger partial charge in [0.05, 0.1) is 10.6 Å². The van der Waals surface area contributed by atoms with Crippen LogP contribution in [0.3, 0.4) is 0 Å². The molecule has 0 spiro atoms. The maximum absolute atomic E-state index is 12.9. The molecule has 2 N–H and O–H groups in total. The van der Waals surface area contributed by atoms with Crippen molar-refractivity contribution >= 4 is 45.0 Å². The summed E-state index contributed by atoms with van der Waals surface area (Å²) in [5.41, 5.74) is 1.76. The number of rotatable bonds is 6. The van der Waals surface area contributed by atoms with Gasteiger partial charge in [-0.25, -0.2) is 13.1 Å². The van der Waals surface area contributed by atoms with E-state index in [0.29, 0.717) is 23.9 Å². The third-order valence-electron chi connectivity index (χ3n) is 6.02. The SMILES string of the molecule is C[C@@H]1CSc2ccc(S(=O)(=O)NCC3CCN(Cc4cccc(Cl)c4)CC3)cc2NC1=O. The number of hydrogen-bond donors (Lipinski definition) is 2. The Morgan fingerprint density at radius 1 is 1.19 bits per heavy atom. The normalized spacial score (nSPS) is 20.4. The smallest absolute Gasteiger partial charge is 0.240 e. The number of sulfonamides is 1. The van der Waals surface area contributed by atoms with Crippen LogP contribution in [-0.2, 0) is 21.4 Å². The molecule has 0 saturated carbocycles. The number of nitrogens with one attached hydrogen (secondary N) is 2. The Labute approximate surface area is 199 Å². The first-order valence-corrected chi connectivity index (χ1v) is 13.7. The highest BCUT2D eigenvalue weighted by atomic mass is 35.5. The first-order chi connectivity index (χ1) is 15.3. The van der Waals surface area contributed by atoms with E-state index in [4.69, 9.17) is 11.6 Å². The van der Waals surface area contributed by atoms with Crippen LogP contribution in [-0.4, -0.2) is 44.6 Å². The predicted molar refractivity (Wildman–Crippen MR) is 130 cm³/mol. The van der Waals surface area contributed by atoms with E-state index in [-0.39, 0.29) is 16.7 Å². The van der Waals surface area contributed by atoms with Gasteiger partial charge in [0.25, 0.3) is 0 Å². The minimum atomic E-state index is -3.64. The quantitative estimate of drug-likeness (QED) is 0.630. The largest absolute Gasteiger partial charge is 0.325 e. The molecule has 2 aliphatic heterocycles. The van der Waals surface area contributed by atoms with Gasteiger partial charge in [-0.3, -0.25) is 9.69 Å². The van der Waals surface area contributed by atoms with Gasteiger partial charge in [0.2, 0.25) is 15.9 Å². The van der Waals surface area contributed by atoms with Gasteiger partial charge in [0, 0.05) is 34.7 Å². The van der Waals surface area contributed by atoms with E-state index < -0.39 is 10.0 Å². The Morgan fingerprint density at radius 2 is 1.97 bits per heavy atom. The standard InChI is InChI=1S/C23H28ClN3O3S2/c1-16-15-31-22-6-5-20(12-21(22)26-23(16)28)32(29,30)25-13-17-7-9-27(10-8-17)14-18-3-2-4-19(24)11-18/h2-6,11-12,16-17,25H,7-10,13-15H2,1H3,(H,26,28)/t16-/m1/s1. The van der Waals surface area contributed by atoms with Crippen LogP contribution in [0.1, 0.15) is 25.3 Å². The second-order valence-electron chi connectivity index (χ2n) is 8.56. The molecule has 2 heterocycles. The van der Waals surface area contributed by atoms with E-state index in [1.807, 2.05) is 25.1 Å². The highest BCUT2D eigenvalue weighted by molar-refractivity contribution is 7.99. The van der Waals surface area contributed by atoms with Crippen molar-refractivity contribution in [2.24, 2.45) is 11.8 Å². The van der Waals surface area contributed by atoms with E-state index in [9.17, 15) is 13.2 Å². The molecule has 0 radical (unpaired) electrons. The van der Waals surface area contributed by atoms with Gasteiger partial charge in [-0.05, 0) is 67.7 Å². The molecular weight excluding hydrogens is 466 g/mol. The van der Waals surface area contributed by atoms with E-state index in [2.05, 4.69) is 21.0 Å². The van der Waals surface area contributed by atoms with Gasteiger partial charge in [0.1, 0.15) is 0 Å². The second-order valence-corrected chi connectivity index (χ2v) is 11.8. The van der Waals surface area contributed by atoms with E-state index in [1.54, 1.807) is 30.0 Å². The van der Waals surface area contributed by atoms with Crippen molar-refractivity contribution in [3.05, 3.63) is 53.1 Å². The number of anilines is 1. The molecule has 0 bridgehead atoms. The number of carbonyl (C=O) groups excluding carboxylic acids is 1. The van der Waals surface area contributed by atoms with Crippen molar-refractivity contribution in [3.8, 4) is 0 Å². The maximum atomic E-state index is 12.9. The average molecular weight is 494 g/mol. The number of likely N-dealkylation sites (tertiary alicyclic amines) is 1. The number of piperidine rings is 1. The summed E-state index contributed by atoms with van der Waals surface area (Å²) in [4.78, 5) is 15.6. The van der Waals surface area contributed by atoms with Crippen LogP contribution < -0.4 is 10.0 Å². The van der Waals surface area contributed by atoms with Gasteiger partial charge in [0.15, 0.2) is 0 Å². The first-order valence-electron chi connectivity index (χ1n) is 10.8. The predicted octanol–water partition coefficient (Wildman–Crippen LogP) is 4.21. The fraction of sp³-hybridized carbons (Fsp3) is 0.435. The van der Waals surface area contributed by atoms with E-state index in [0.717, 1.165) is 42.4 Å². The minimum absolute atomic E-state index is 0.0803. The third-order valence-corrected chi connectivity index (χ3v) is 9.01. The molecule has 0 aromatic heterocycles. The molecule has 6 nitrogen and oxygen atoms in total. The summed E-state index contributed by atoms with van der Waals surface area (Å²) in [7, 11) is -3.64. The minimum Gasteiger partial charge on any atom is -0.325 e. The van der Waals surface area contributed by atoms with Crippen molar-refractivity contribution in [2.75, 3.05) is 30.7 Å². The summed E-state index contributed by atoms with van der Waals surface area (Å²) in [6.45, 7) is 5.01. The summed E-state index contributed by atoms with van der Waals surface area (Å²) in [5, 5.41) is 3.60. The number of hydrogen-bond acceptors (Lipinski definition) is 5. The van der Waals surface area contributed by atoms with E-state index in [1.165, 1.54) is 5.56 Å².